The van der Waals surface area contributed by atoms with Crippen LogP contribution < -0.4 is 5.32 Å². The van der Waals surface area contributed by atoms with E-state index in [2.05, 4.69) is 19.2 Å². The van der Waals surface area contributed by atoms with Crippen LogP contribution in [0.25, 0.3) is 0 Å². The molecule has 0 radical (unpaired) electrons. The monoisotopic (exact) mass is 272 g/mol. The van der Waals surface area contributed by atoms with Gasteiger partial charge in [-0.2, -0.15) is 0 Å². The van der Waals surface area contributed by atoms with Gasteiger partial charge in [0, 0.05) is 13.6 Å². The van der Waals surface area contributed by atoms with Crippen molar-refractivity contribution in [2.24, 2.45) is 5.92 Å². The van der Waals surface area contributed by atoms with E-state index in [9.17, 15) is 9.59 Å². The molecule has 0 aromatic heterocycles. The predicted molar refractivity (Wildman–Crippen MR) is 76.2 cm³/mol. The minimum Gasteiger partial charge on any atom is -0.480 e. The molecule has 2 N–H and O–H groups in total. The van der Waals surface area contributed by atoms with E-state index in [1.54, 1.807) is 0 Å². The van der Waals surface area contributed by atoms with Gasteiger partial charge in [0.1, 0.15) is 6.04 Å². The van der Waals surface area contributed by atoms with E-state index in [-0.39, 0.29) is 6.03 Å². The number of urea groups is 1. The first kappa shape index (κ1) is 17.7. The minimum atomic E-state index is -0.994. The number of amides is 2. The summed E-state index contributed by atoms with van der Waals surface area (Å²) in [5, 5.41) is 11.5. The van der Waals surface area contributed by atoms with Gasteiger partial charge in [0.05, 0.1) is 0 Å². The number of carbonyl (C=O) groups is 2. The highest BCUT2D eigenvalue weighted by Crippen LogP contribution is 2.09. The van der Waals surface area contributed by atoms with Crippen molar-refractivity contribution in [3.8, 4) is 0 Å². The van der Waals surface area contributed by atoms with Crippen LogP contribution in [-0.4, -0.2) is 41.6 Å². The zero-order valence-electron chi connectivity index (χ0n) is 12.6. The Morgan fingerprint density at radius 1 is 1.11 bits per heavy atom. The highest BCUT2D eigenvalue weighted by Gasteiger charge is 2.20. The van der Waals surface area contributed by atoms with Gasteiger partial charge >= 0.3 is 12.0 Å². The van der Waals surface area contributed by atoms with Crippen LogP contribution in [0.15, 0.2) is 0 Å². The number of rotatable bonds is 9. The van der Waals surface area contributed by atoms with Crippen LogP contribution in [0.3, 0.4) is 0 Å². The second kappa shape index (κ2) is 9.64. The van der Waals surface area contributed by atoms with E-state index in [4.69, 9.17) is 5.11 Å². The van der Waals surface area contributed by atoms with Gasteiger partial charge in [-0.3, -0.25) is 0 Å². The molecule has 0 heterocycles. The maximum Gasteiger partial charge on any atom is 0.326 e. The molecule has 1 atom stereocenters. The summed E-state index contributed by atoms with van der Waals surface area (Å²) in [6.07, 6.45) is 5.73. The number of carboxylic acid groups (broad SMARTS) is 1. The molecule has 0 saturated heterocycles. The van der Waals surface area contributed by atoms with Crippen molar-refractivity contribution in [1.29, 1.82) is 0 Å². The molecule has 0 aromatic carbocycles. The van der Waals surface area contributed by atoms with Gasteiger partial charge in [0.2, 0.25) is 0 Å². The lowest BCUT2D eigenvalue weighted by molar-refractivity contribution is -0.141. The highest BCUT2D eigenvalue weighted by molar-refractivity contribution is 5.82. The zero-order valence-corrected chi connectivity index (χ0v) is 12.6. The number of unbranched alkanes of at least 4 members (excludes halogenated alkanes) is 3. The summed E-state index contributed by atoms with van der Waals surface area (Å²) in [6.45, 7) is 6.55. The number of likely N-dealkylation sites (N-methyl/N-ethyl adjacent to an activating group) is 1. The molecular formula is C14H28N2O3. The number of carboxylic acids is 1. The summed E-state index contributed by atoms with van der Waals surface area (Å²) >= 11 is 0. The number of nitrogens with one attached hydrogen (secondary N) is 1. The fourth-order valence-electron chi connectivity index (χ4n) is 1.69. The van der Waals surface area contributed by atoms with Crippen LogP contribution in [0.5, 0.6) is 0 Å². The molecule has 2 amide bonds. The van der Waals surface area contributed by atoms with E-state index >= 15 is 0 Å². The lowest BCUT2D eigenvalue weighted by atomic mass is 10.0. The van der Waals surface area contributed by atoms with Crippen molar-refractivity contribution in [2.45, 2.75) is 58.9 Å². The van der Waals surface area contributed by atoms with Gasteiger partial charge in [-0.15, -0.1) is 0 Å². The van der Waals surface area contributed by atoms with Crippen LogP contribution in [0.4, 0.5) is 4.79 Å². The molecule has 0 spiro atoms. The number of carbonyl (C=O) groups excluding carboxylic acids is 1. The highest BCUT2D eigenvalue weighted by atomic mass is 16.4. The van der Waals surface area contributed by atoms with Crippen molar-refractivity contribution in [3.63, 3.8) is 0 Å². The molecule has 112 valence electrons. The van der Waals surface area contributed by atoms with Gasteiger partial charge in [-0.05, 0) is 19.3 Å². The first-order valence-corrected chi connectivity index (χ1v) is 7.09. The Kier molecular flexibility index (Phi) is 9.00. The average molecular weight is 272 g/mol. The Labute approximate surface area is 116 Å². The summed E-state index contributed by atoms with van der Waals surface area (Å²) in [4.78, 5) is 23.6. The first-order chi connectivity index (χ1) is 8.86. The standard InChI is InChI=1S/C14H28N2O3/c1-11(2)9-7-5-6-8-10-15-14(19)16(4)12(3)13(17)18/h11-12H,5-10H2,1-4H3,(H,15,19)(H,17,18). The van der Waals surface area contributed by atoms with Crippen molar-refractivity contribution in [3.05, 3.63) is 0 Å². The van der Waals surface area contributed by atoms with Crippen LogP contribution in [0.1, 0.15) is 52.9 Å². The maximum atomic E-state index is 11.6. The lowest BCUT2D eigenvalue weighted by Gasteiger charge is -2.21. The predicted octanol–water partition coefficient (Wildman–Crippen LogP) is 2.71. The second-order valence-corrected chi connectivity index (χ2v) is 5.45. The van der Waals surface area contributed by atoms with Crippen molar-refractivity contribution < 1.29 is 14.7 Å². The maximum absolute atomic E-state index is 11.6. The minimum absolute atomic E-state index is 0.322. The third-order valence-corrected chi connectivity index (χ3v) is 3.24. The Hall–Kier alpha value is -1.26. The normalized spacial score (nSPS) is 12.3. The van der Waals surface area contributed by atoms with E-state index in [0.29, 0.717) is 6.54 Å². The molecule has 1 unspecified atom stereocenters. The summed E-state index contributed by atoms with van der Waals surface area (Å²) in [5.74, 6) is -0.239. The van der Waals surface area contributed by atoms with E-state index in [1.165, 1.54) is 38.1 Å². The molecule has 0 aliphatic carbocycles. The number of hydrogen-bond acceptors (Lipinski definition) is 2. The Balaban J connectivity index is 3.61. The van der Waals surface area contributed by atoms with Crippen LogP contribution in [0.2, 0.25) is 0 Å². The van der Waals surface area contributed by atoms with Gasteiger partial charge < -0.3 is 15.3 Å². The molecular weight excluding hydrogens is 244 g/mol. The quantitative estimate of drug-likeness (QED) is 0.634. The largest absolute Gasteiger partial charge is 0.480 e. The number of aliphatic carboxylic acids is 1. The Morgan fingerprint density at radius 2 is 1.68 bits per heavy atom. The molecule has 0 fully saturated rings. The molecule has 0 rings (SSSR count). The zero-order chi connectivity index (χ0) is 14.8. The first-order valence-electron chi connectivity index (χ1n) is 7.09. The number of nitrogens with zero attached hydrogens (tertiary/aromatic N) is 1. The van der Waals surface area contributed by atoms with E-state index < -0.39 is 12.0 Å². The molecule has 5 nitrogen and oxygen atoms in total. The third kappa shape index (κ3) is 8.46. The average Bonchev–Trinajstić information content (AvgIpc) is 2.34. The van der Waals surface area contributed by atoms with Crippen molar-refractivity contribution in [2.75, 3.05) is 13.6 Å². The molecule has 0 aliphatic rings. The summed E-state index contributed by atoms with van der Waals surface area (Å²) in [5.41, 5.74) is 0. The lowest BCUT2D eigenvalue weighted by Crippen LogP contribution is -2.45. The van der Waals surface area contributed by atoms with Crippen LogP contribution in [-0.2, 0) is 4.79 Å². The summed E-state index contributed by atoms with van der Waals surface area (Å²) in [6, 6.07) is -1.12. The summed E-state index contributed by atoms with van der Waals surface area (Å²) < 4.78 is 0. The van der Waals surface area contributed by atoms with Crippen LogP contribution >= 0.6 is 0 Å². The molecule has 19 heavy (non-hydrogen) atoms. The van der Waals surface area contributed by atoms with Gasteiger partial charge in [-0.25, -0.2) is 9.59 Å². The van der Waals surface area contributed by atoms with E-state index in [0.717, 1.165) is 18.8 Å². The topological polar surface area (TPSA) is 69.6 Å². The fraction of sp³-hybridized carbons (Fsp3) is 0.857. The summed E-state index contributed by atoms with van der Waals surface area (Å²) in [7, 11) is 1.50. The van der Waals surface area contributed by atoms with Gasteiger partial charge in [0.15, 0.2) is 0 Å². The van der Waals surface area contributed by atoms with Crippen molar-refractivity contribution in [1.82, 2.24) is 10.2 Å². The second-order valence-electron chi connectivity index (χ2n) is 5.45. The molecule has 5 heteroatoms. The molecule has 0 aliphatic heterocycles. The Morgan fingerprint density at radius 3 is 2.21 bits per heavy atom. The SMILES string of the molecule is CC(C)CCCCCCNC(=O)N(C)C(C)C(=O)O. The number of hydrogen-bond donors (Lipinski definition) is 2. The van der Waals surface area contributed by atoms with Crippen molar-refractivity contribution >= 4 is 12.0 Å². The Bertz CT molecular complexity index is 280. The molecule has 0 saturated carbocycles. The van der Waals surface area contributed by atoms with Gasteiger partial charge in [-0.1, -0.05) is 39.5 Å². The van der Waals surface area contributed by atoms with Gasteiger partial charge in [0.25, 0.3) is 0 Å². The van der Waals surface area contributed by atoms with E-state index in [1.807, 2.05) is 0 Å². The third-order valence-electron chi connectivity index (χ3n) is 3.24. The molecule has 0 aromatic rings. The fourth-order valence-corrected chi connectivity index (χ4v) is 1.69. The van der Waals surface area contributed by atoms with Crippen LogP contribution in [0, 0.1) is 5.92 Å². The molecule has 0 bridgehead atoms. The smallest absolute Gasteiger partial charge is 0.326 e.